The number of rotatable bonds is 6. The number of hydrogen-bond acceptors (Lipinski definition) is 3. The quantitative estimate of drug-likeness (QED) is 0.389. The zero-order valence-corrected chi connectivity index (χ0v) is 7.74. The summed E-state index contributed by atoms with van der Waals surface area (Å²) in [5, 5.41) is 9.01. The fraction of sp³-hybridized carbons (Fsp3) is 0.600. The number of hydrogen-bond donors (Lipinski definition) is 1. The third kappa shape index (κ3) is 2.57. The molecule has 1 aliphatic rings. The van der Waals surface area contributed by atoms with Crippen LogP contribution in [0.3, 0.4) is 0 Å². The van der Waals surface area contributed by atoms with Crippen molar-refractivity contribution in [2.24, 2.45) is 0 Å². The molecule has 1 fully saturated rings. The van der Waals surface area contributed by atoms with Crippen LogP contribution in [0.5, 0.6) is 0 Å². The van der Waals surface area contributed by atoms with Crippen molar-refractivity contribution in [2.45, 2.75) is 37.8 Å². The third-order valence-electron chi connectivity index (χ3n) is 2.10. The average Bonchev–Trinajstić information content (AvgIpc) is 2.03. The molecule has 0 spiro atoms. The van der Waals surface area contributed by atoms with Crippen molar-refractivity contribution < 1.29 is 14.6 Å². The molecular weight excluding hydrogens is 168 g/mol. The van der Waals surface area contributed by atoms with E-state index >= 15 is 0 Å². The molecule has 13 heavy (non-hydrogen) atoms. The number of unbranched alkanes of at least 4 members (excludes halogenated alkanes) is 1. The summed E-state index contributed by atoms with van der Waals surface area (Å²) in [6.45, 7) is 7.11. The molecule has 74 valence electrons. The Labute approximate surface area is 78.7 Å². The van der Waals surface area contributed by atoms with Crippen LogP contribution in [0.1, 0.15) is 25.7 Å². The average molecular weight is 184 g/mol. The third-order valence-corrected chi connectivity index (χ3v) is 2.10. The maximum absolute atomic E-state index is 9.01. The van der Waals surface area contributed by atoms with E-state index in [9.17, 15) is 0 Å². The smallest absolute Gasteiger partial charge is 0.216 e. The Bertz CT molecular complexity index is 183. The molecule has 0 aromatic rings. The molecule has 0 aromatic carbocycles. The Morgan fingerprint density at radius 1 is 1.62 bits per heavy atom. The second kappa shape index (κ2) is 4.44. The Hall–Kier alpha value is -0.800. The summed E-state index contributed by atoms with van der Waals surface area (Å²) in [5.74, 6) is -0.621. The van der Waals surface area contributed by atoms with Gasteiger partial charge in [-0.1, -0.05) is 12.7 Å². The molecular formula is C10H16O3. The molecule has 0 bridgehead atoms. The minimum atomic E-state index is -0.677. The Kier molecular flexibility index (Phi) is 3.51. The molecule has 3 heteroatoms. The normalized spacial score (nSPS) is 31.9. The van der Waals surface area contributed by atoms with Crippen molar-refractivity contribution in [3.63, 3.8) is 0 Å². The topological polar surface area (TPSA) is 38.7 Å². The maximum atomic E-state index is 9.01. The fourth-order valence-electron chi connectivity index (χ4n) is 1.47. The monoisotopic (exact) mass is 184 g/mol. The van der Waals surface area contributed by atoms with Crippen LogP contribution in [0.4, 0.5) is 0 Å². The van der Waals surface area contributed by atoms with E-state index in [-0.39, 0.29) is 0 Å². The number of ether oxygens (including phenoxy) is 2. The summed E-state index contributed by atoms with van der Waals surface area (Å²) in [7, 11) is 0. The molecule has 0 saturated carbocycles. The van der Waals surface area contributed by atoms with Crippen molar-refractivity contribution in [2.75, 3.05) is 0 Å². The fourth-order valence-corrected chi connectivity index (χ4v) is 1.47. The standard InChI is InChI=1S/C10H16O3/c1-3-5-6-7-10(12-4-2)8-9(11)13-10/h3-4,9,11H,1-2,5-8H2. The van der Waals surface area contributed by atoms with Gasteiger partial charge < -0.3 is 14.6 Å². The highest BCUT2D eigenvalue weighted by Crippen LogP contribution is 2.37. The maximum Gasteiger partial charge on any atom is 0.216 e. The van der Waals surface area contributed by atoms with E-state index in [0.29, 0.717) is 6.42 Å². The first-order chi connectivity index (χ1) is 6.22. The van der Waals surface area contributed by atoms with Crippen LogP contribution >= 0.6 is 0 Å². The first kappa shape index (κ1) is 10.3. The summed E-state index contributed by atoms with van der Waals surface area (Å²) in [4.78, 5) is 0. The van der Waals surface area contributed by atoms with Gasteiger partial charge in [0.1, 0.15) is 0 Å². The van der Waals surface area contributed by atoms with Crippen LogP contribution in [0.25, 0.3) is 0 Å². The van der Waals surface area contributed by atoms with Gasteiger partial charge >= 0.3 is 0 Å². The van der Waals surface area contributed by atoms with Crippen molar-refractivity contribution in [1.29, 1.82) is 0 Å². The molecule has 2 unspecified atom stereocenters. The van der Waals surface area contributed by atoms with E-state index in [1.165, 1.54) is 6.26 Å². The van der Waals surface area contributed by atoms with Crippen molar-refractivity contribution in [3.8, 4) is 0 Å². The van der Waals surface area contributed by atoms with E-state index < -0.39 is 12.1 Å². The van der Waals surface area contributed by atoms with Gasteiger partial charge in [0.25, 0.3) is 0 Å². The van der Waals surface area contributed by atoms with Gasteiger partial charge in [-0.2, -0.15) is 0 Å². The van der Waals surface area contributed by atoms with Gasteiger partial charge in [0.05, 0.1) is 12.7 Å². The van der Waals surface area contributed by atoms with Crippen LogP contribution in [0.15, 0.2) is 25.5 Å². The van der Waals surface area contributed by atoms with Gasteiger partial charge in [0, 0.05) is 6.42 Å². The van der Waals surface area contributed by atoms with Crippen molar-refractivity contribution >= 4 is 0 Å². The predicted molar refractivity (Wildman–Crippen MR) is 49.8 cm³/mol. The Morgan fingerprint density at radius 2 is 2.31 bits per heavy atom. The van der Waals surface area contributed by atoms with Crippen LogP contribution < -0.4 is 0 Å². The van der Waals surface area contributed by atoms with E-state index in [0.717, 1.165) is 19.3 Å². The van der Waals surface area contributed by atoms with Crippen molar-refractivity contribution in [1.82, 2.24) is 0 Å². The lowest BCUT2D eigenvalue weighted by Crippen LogP contribution is -2.51. The molecule has 0 aromatic heterocycles. The lowest BCUT2D eigenvalue weighted by Gasteiger charge is -2.43. The minimum absolute atomic E-state index is 0.524. The molecule has 1 rings (SSSR count). The summed E-state index contributed by atoms with van der Waals surface area (Å²) < 4.78 is 10.4. The van der Waals surface area contributed by atoms with Gasteiger partial charge in [-0.3, -0.25) is 0 Å². The van der Waals surface area contributed by atoms with E-state index in [1.54, 1.807) is 0 Å². The minimum Gasteiger partial charge on any atom is -0.470 e. The highest BCUT2D eigenvalue weighted by atomic mass is 16.8. The van der Waals surface area contributed by atoms with Crippen LogP contribution in [-0.2, 0) is 9.47 Å². The largest absolute Gasteiger partial charge is 0.470 e. The lowest BCUT2D eigenvalue weighted by molar-refractivity contribution is -0.379. The number of allylic oxidation sites excluding steroid dienone is 1. The molecule has 1 heterocycles. The second-order valence-electron chi connectivity index (χ2n) is 3.15. The molecule has 1 aliphatic heterocycles. The zero-order valence-electron chi connectivity index (χ0n) is 7.74. The van der Waals surface area contributed by atoms with Crippen LogP contribution in [0.2, 0.25) is 0 Å². The van der Waals surface area contributed by atoms with Gasteiger partial charge in [-0.15, -0.1) is 6.58 Å². The highest BCUT2D eigenvalue weighted by molar-refractivity contribution is 4.83. The summed E-state index contributed by atoms with van der Waals surface area (Å²) in [5.41, 5.74) is 0. The molecule has 1 saturated heterocycles. The molecule has 2 atom stereocenters. The molecule has 1 N–H and O–H groups in total. The van der Waals surface area contributed by atoms with E-state index in [1.807, 2.05) is 6.08 Å². The molecule has 0 amide bonds. The number of aliphatic hydroxyl groups excluding tert-OH is 1. The Balaban J connectivity index is 2.30. The summed E-state index contributed by atoms with van der Waals surface area (Å²) in [6, 6.07) is 0. The summed E-state index contributed by atoms with van der Waals surface area (Å²) >= 11 is 0. The predicted octanol–water partition coefficient (Wildman–Crippen LogP) is 1.94. The van der Waals surface area contributed by atoms with Crippen LogP contribution in [-0.4, -0.2) is 17.2 Å². The second-order valence-corrected chi connectivity index (χ2v) is 3.15. The van der Waals surface area contributed by atoms with E-state index in [2.05, 4.69) is 13.2 Å². The van der Waals surface area contributed by atoms with Gasteiger partial charge in [-0.25, -0.2) is 0 Å². The summed E-state index contributed by atoms with van der Waals surface area (Å²) in [6.07, 6.45) is 5.71. The van der Waals surface area contributed by atoms with Gasteiger partial charge in [0.15, 0.2) is 6.29 Å². The first-order valence-electron chi connectivity index (χ1n) is 4.48. The Morgan fingerprint density at radius 3 is 2.77 bits per heavy atom. The highest BCUT2D eigenvalue weighted by Gasteiger charge is 2.46. The lowest BCUT2D eigenvalue weighted by atomic mass is 10.00. The van der Waals surface area contributed by atoms with Gasteiger partial charge in [-0.05, 0) is 12.8 Å². The SMILES string of the molecule is C=CCCCC1(OC=C)CC(O)O1. The zero-order chi connectivity index (χ0) is 9.73. The van der Waals surface area contributed by atoms with Crippen molar-refractivity contribution in [3.05, 3.63) is 25.5 Å². The van der Waals surface area contributed by atoms with Gasteiger partial charge in [0.2, 0.25) is 5.79 Å². The van der Waals surface area contributed by atoms with Crippen LogP contribution in [0, 0.1) is 0 Å². The molecule has 3 nitrogen and oxygen atoms in total. The molecule has 0 aliphatic carbocycles. The number of aliphatic hydroxyl groups is 1. The first-order valence-corrected chi connectivity index (χ1v) is 4.48. The molecule has 0 radical (unpaired) electrons. The van der Waals surface area contributed by atoms with E-state index in [4.69, 9.17) is 14.6 Å².